The molecule has 0 bridgehead atoms. The van der Waals surface area contributed by atoms with E-state index in [0.717, 1.165) is 45.8 Å². The van der Waals surface area contributed by atoms with Gasteiger partial charge < -0.3 is 38.8 Å². The van der Waals surface area contributed by atoms with Gasteiger partial charge in [-0.2, -0.15) is 0 Å². The average Bonchev–Trinajstić information content (AvgIpc) is 3.75. The summed E-state index contributed by atoms with van der Waals surface area (Å²) in [5.41, 5.74) is -0.115. The van der Waals surface area contributed by atoms with Gasteiger partial charge in [0.15, 0.2) is 6.29 Å². The molecule has 14 atom stereocenters. The van der Waals surface area contributed by atoms with Crippen molar-refractivity contribution < 1.29 is 33.9 Å². The molecule has 0 radical (unpaired) electrons. The van der Waals surface area contributed by atoms with Crippen LogP contribution in [0.1, 0.15) is 127 Å². The fourth-order valence-electron chi connectivity index (χ4n) is 16.5. The molecule has 4 aliphatic heterocycles. The van der Waals surface area contributed by atoms with Gasteiger partial charge in [-0.05, 0) is 143 Å². The number of piperidine rings is 1. The SMILES string of the molecule is CCO[C@@H](C1C[C@@H](C)[C@H]2C(O1)[C@H](O)[C@@]1(C)C3CC[C@H]4C(C)(C)[C@@H](O[C@H]5CN(C6CCN(CC7(C)COC7)CC6)CCO5)CC[C@@]45C[C@@]35CC[C@]21C)C(C)(C)O. The van der Waals surface area contributed by atoms with Crippen LogP contribution in [0.15, 0.2) is 0 Å². The average molecular weight is 771 g/mol. The second-order valence-corrected chi connectivity index (χ2v) is 22.8. The zero-order valence-corrected chi connectivity index (χ0v) is 36.1. The minimum Gasteiger partial charge on any atom is -0.390 e. The number of hydrogen-bond acceptors (Lipinski definition) is 9. The minimum atomic E-state index is -1.01. The standard InChI is InChI=1S/C46H78N2O7/c1-10-52-39(41(5,6)50)31-23-29(2)36-37(54-31)38(49)44(9)33-12-11-32-40(3,4)34(13-16-45(32)25-46(33,45)18-17-43(36,44)8)55-35-24-48(21-22-53-35)30-14-19-47(20-15-30)26-42(7)27-51-28-42/h29-39,49-50H,10-28H2,1-9H3/t29-,31?,32+,33?,34+,35+,36+,37?,38+,39+,43-,44-,45-,46+/m1/s1. The van der Waals surface area contributed by atoms with Crippen LogP contribution in [0, 0.1) is 56.2 Å². The van der Waals surface area contributed by atoms with E-state index in [2.05, 4.69) is 51.3 Å². The van der Waals surface area contributed by atoms with E-state index in [9.17, 15) is 10.2 Å². The maximum absolute atomic E-state index is 12.7. The lowest BCUT2D eigenvalue weighted by Crippen LogP contribution is -2.60. The Kier molecular flexibility index (Phi) is 9.89. The maximum Gasteiger partial charge on any atom is 0.170 e. The highest BCUT2D eigenvalue weighted by molar-refractivity contribution is 5.33. The molecular formula is C46H78N2O7. The number of aliphatic hydroxyl groups is 2. The largest absolute Gasteiger partial charge is 0.390 e. The van der Waals surface area contributed by atoms with E-state index >= 15 is 0 Å². The third-order valence-corrected chi connectivity index (χ3v) is 19.1. The van der Waals surface area contributed by atoms with E-state index in [1.54, 1.807) is 0 Å². The van der Waals surface area contributed by atoms with Crippen molar-refractivity contribution >= 4 is 0 Å². The lowest BCUT2D eigenvalue weighted by molar-refractivity contribution is -0.251. The van der Waals surface area contributed by atoms with Crippen molar-refractivity contribution in [2.45, 2.75) is 175 Å². The molecule has 5 aliphatic carbocycles. The molecule has 2 spiro atoms. The van der Waals surface area contributed by atoms with Gasteiger partial charge in [0.2, 0.25) is 0 Å². The minimum absolute atomic E-state index is 0.0181. The summed E-state index contributed by atoms with van der Waals surface area (Å²) in [4.78, 5) is 5.36. The topological polar surface area (TPSA) is 93.1 Å². The number of hydrogen-bond donors (Lipinski definition) is 2. The van der Waals surface area contributed by atoms with Crippen molar-refractivity contribution in [1.82, 2.24) is 9.80 Å². The number of likely N-dealkylation sites (tertiary alicyclic amines) is 1. The van der Waals surface area contributed by atoms with Gasteiger partial charge in [-0.15, -0.1) is 0 Å². The lowest BCUT2D eigenvalue weighted by atomic mass is 9.41. The summed E-state index contributed by atoms with van der Waals surface area (Å²) in [7, 11) is 0. The summed E-state index contributed by atoms with van der Waals surface area (Å²) in [6.07, 6.45) is 10.6. The number of ether oxygens (including phenoxy) is 5. The second kappa shape index (κ2) is 13.6. The van der Waals surface area contributed by atoms with Crippen LogP contribution in [-0.4, -0.2) is 128 Å². The zero-order chi connectivity index (χ0) is 39.0. The molecule has 9 heteroatoms. The number of fused-ring (bicyclic) bond motifs is 4. The molecule has 55 heavy (non-hydrogen) atoms. The van der Waals surface area contributed by atoms with Gasteiger partial charge >= 0.3 is 0 Å². The normalized spacial score (nSPS) is 50.1. The Labute approximate surface area is 333 Å². The van der Waals surface area contributed by atoms with Crippen molar-refractivity contribution in [3.05, 3.63) is 0 Å². The van der Waals surface area contributed by atoms with Crippen molar-refractivity contribution in [2.24, 2.45) is 56.2 Å². The zero-order valence-electron chi connectivity index (χ0n) is 36.1. The van der Waals surface area contributed by atoms with Crippen molar-refractivity contribution in [3.8, 4) is 0 Å². The maximum atomic E-state index is 12.7. The molecule has 4 saturated heterocycles. The van der Waals surface area contributed by atoms with Crippen molar-refractivity contribution in [3.63, 3.8) is 0 Å². The number of aliphatic hydroxyl groups excluding tert-OH is 1. The fraction of sp³-hybridized carbons (Fsp3) is 1.00. The third kappa shape index (κ3) is 5.90. The highest BCUT2D eigenvalue weighted by Gasteiger charge is 2.84. The van der Waals surface area contributed by atoms with Crippen LogP contribution in [-0.2, 0) is 23.7 Å². The van der Waals surface area contributed by atoms with Gasteiger partial charge in [0, 0.05) is 43.1 Å². The molecule has 9 aliphatic rings. The third-order valence-electron chi connectivity index (χ3n) is 19.1. The van der Waals surface area contributed by atoms with Crippen LogP contribution >= 0.6 is 0 Å². The molecule has 9 rings (SSSR count). The van der Waals surface area contributed by atoms with Crippen LogP contribution in [0.3, 0.4) is 0 Å². The Morgan fingerprint density at radius 3 is 2.29 bits per heavy atom. The Bertz CT molecular complexity index is 1420. The summed E-state index contributed by atoms with van der Waals surface area (Å²) in [6, 6.07) is 0.626. The van der Waals surface area contributed by atoms with E-state index in [1.807, 2.05) is 20.8 Å². The van der Waals surface area contributed by atoms with Crippen LogP contribution in [0.4, 0.5) is 0 Å². The molecular weight excluding hydrogens is 693 g/mol. The molecule has 5 saturated carbocycles. The smallest absolute Gasteiger partial charge is 0.170 e. The van der Waals surface area contributed by atoms with Gasteiger partial charge in [-0.3, -0.25) is 4.90 Å². The highest BCUT2D eigenvalue weighted by Crippen LogP contribution is 2.89. The molecule has 9 nitrogen and oxygen atoms in total. The van der Waals surface area contributed by atoms with Crippen molar-refractivity contribution in [1.29, 1.82) is 0 Å². The molecule has 0 amide bonds. The summed E-state index contributed by atoms with van der Waals surface area (Å²) in [5, 5.41) is 23.8. The van der Waals surface area contributed by atoms with E-state index in [-0.39, 0.29) is 40.8 Å². The summed E-state index contributed by atoms with van der Waals surface area (Å²) in [5.74, 6) is 1.84. The Balaban J connectivity index is 0.872. The molecule has 314 valence electrons. The molecule has 0 aromatic heterocycles. The predicted octanol–water partition coefficient (Wildman–Crippen LogP) is 6.52. The van der Waals surface area contributed by atoms with Crippen LogP contribution in [0.2, 0.25) is 0 Å². The van der Waals surface area contributed by atoms with Crippen LogP contribution in [0.25, 0.3) is 0 Å². The fourth-order valence-corrected chi connectivity index (χ4v) is 16.5. The molecule has 2 N–H and O–H groups in total. The molecule has 3 unspecified atom stereocenters. The van der Waals surface area contributed by atoms with Gasteiger partial charge in [0.05, 0.1) is 49.8 Å². The number of nitrogens with zero attached hydrogens (tertiary/aromatic N) is 2. The Hall–Kier alpha value is -0.360. The van der Waals surface area contributed by atoms with Gasteiger partial charge in [-0.1, -0.05) is 41.5 Å². The molecule has 0 aromatic carbocycles. The molecule has 9 fully saturated rings. The number of morpholine rings is 1. The van der Waals surface area contributed by atoms with Gasteiger partial charge in [0.1, 0.15) is 6.10 Å². The first-order valence-corrected chi connectivity index (χ1v) is 22.9. The van der Waals surface area contributed by atoms with Crippen LogP contribution in [0.5, 0.6) is 0 Å². The first-order chi connectivity index (χ1) is 25.9. The summed E-state index contributed by atoms with van der Waals surface area (Å²) >= 11 is 0. The first kappa shape index (κ1) is 40.1. The quantitative estimate of drug-likeness (QED) is 0.272. The summed E-state index contributed by atoms with van der Waals surface area (Å²) in [6.45, 7) is 29.1. The second-order valence-electron chi connectivity index (χ2n) is 22.8. The molecule has 4 heterocycles. The predicted molar refractivity (Wildman–Crippen MR) is 212 cm³/mol. The van der Waals surface area contributed by atoms with Crippen LogP contribution < -0.4 is 0 Å². The van der Waals surface area contributed by atoms with E-state index in [1.165, 1.54) is 71.0 Å². The van der Waals surface area contributed by atoms with E-state index < -0.39 is 17.8 Å². The van der Waals surface area contributed by atoms with Gasteiger partial charge in [-0.25, -0.2) is 0 Å². The Morgan fingerprint density at radius 2 is 1.62 bits per heavy atom. The Morgan fingerprint density at radius 1 is 0.909 bits per heavy atom. The molecule has 0 aromatic rings. The van der Waals surface area contributed by atoms with Gasteiger partial charge in [0.25, 0.3) is 0 Å². The van der Waals surface area contributed by atoms with E-state index in [0.29, 0.717) is 52.6 Å². The highest BCUT2D eigenvalue weighted by atomic mass is 16.7. The number of rotatable bonds is 9. The van der Waals surface area contributed by atoms with E-state index in [4.69, 9.17) is 23.7 Å². The lowest BCUT2D eigenvalue weighted by Gasteiger charge is -2.64. The monoisotopic (exact) mass is 771 g/mol. The summed E-state index contributed by atoms with van der Waals surface area (Å²) < 4.78 is 32.2. The first-order valence-electron chi connectivity index (χ1n) is 22.9. The van der Waals surface area contributed by atoms with Crippen molar-refractivity contribution in [2.75, 3.05) is 59.2 Å².